The minimum absolute atomic E-state index is 0.0690. The lowest BCUT2D eigenvalue weighted by Gasteiger charge is -2.26. The molecule has 1 aromatic carbocycles. The van der Waals surface area contributed by atoms with Crippen molar-refractivity contribution in [3.8, 4) is 0 Å². The number of amides is 1. The van der Waals surface area contributed by atoms with Crippen LogP contribution in [0.1, 0.15) is 12.0 Å². The highest BCUT2D eigenvalue weighted by molar-refractivity contribution is 7.81. The molecule has 0 aliphatic carbocycles. The quantitative estimate of drug-likeness (QED) is 0.781. The van der Waals surface area contributed by atoms with Gasteiger partial charge < -0.3 is 14.8 Å². The summed E-state index contributed by atoms with van der Waals surface area (Å²) < 4.78 is 10.8. The second-order valence-corrected chi connectivity index (χ2v) is 5.74. The maximum atomic E-state index is 12.1. The van der Waals surface area contributed by atoms with Gasteiger partial charge in [0.1, 0.15) is 5.60 Å². The first-order chi connectivity index (χ1) is 9.65. The zero-order valence-corrected chi connectivity index (χ0v) is 12.6. The smallest absolute Gasteiger partial charge is 0.233 e. The second kappa shape index (κ2) is 7.11. The number of hydrogen-bond acceptors (Lipinski definition) is 4. The minimum Gasteiger partial charge on any atom is -0.378 e. The van der Waals surface area contributed by atoms with Crippen molar-refractivity contribution in [2.75, 3.05) is 26.9 Å². The molecule has 2 atom stereocenters. The number of nitrogens with one attached hydrogen (secondary N) is 1. The van der Waals surface area contributed by atoms with Crippen LogP contribution in [0.4, 0.5) is 0 Å². The number of carbonyl (C=O) groups excluding carboxylic acids is 1. The Morgan fingerprint density at radius 2 is 2.25 bits per heavy atom. The minimum atomic E-state index is -0.379. The summed E-state index contributed by atoms with van der Waals surface area (Å²) in [5.41, 5.74) is 0.726. The highest BCUT2D eigenvalue weighted by Crippen LogP contribution is 2.21. The Morgan fingerprint density at radius 1 is 1.50 bits per heavy atom. The lowest BCUT2D eigenvalue weighted by molar-refractivity contribution is -0.122. The van der Waals surface area contributed by atoms with E-state index in [0.717, 1.165) is 12.0 Å². The van der Waals surface area contributed by atoms with Crippen molar-refractivity contribution < 1.29 is 14.3 Å². The fourth-order valence-electron chi connectivity index (χ4n) is 2.26. The van der Waals surface area contributed by atoms with Gasteiger partial charge in [-0.25, -0.2) is 0 Å². The van der Waals surface area contributed by atoms with Crippen molar-refractivity contribution in [2.45, 2.75) is 23.7 Å². The molecule has 110 valence electrons. The van der Waals surface area contributed by atoms with Gasteiger partial charge in [-0.15, -0.1) is 0 Å². The van der Waals surface area contributed by atoms with Crippen molar-refractivity contribution in [3.63, 3.8) is 0 Å². The monoisotopic (exact) mass is 295 g/mol. The summed E-state index contributed by atoms with van der Waals surface area (Å²) in [5.74, 6) is -0.0690. The van der Waals surface area contributed by atoms with Gasteiger partial charge in [-0.05, 0) is 12.0 Å². The van der Waals surface area contributed by atoms with Crippen LogP contribution < -0.4 is 5.32 Å². The number of thiol groups is 1. The standard InChI is InChI=1S/C15H21NO3S/c1-18-15(7-8-19-11-15)10-16-14(17)13(20)9-12-5-3-2-4-6-12/h2-6,13,20H,7-11H2,1H3,(H,16,17). The number of carbonyl (C=O) groups is 1. The van der Waals surface area contributed by atoms with Crippen LogP contribution in [0.2, 0.25) is 0 Å². The van der Waals surface area contributed by atoms with Gasteiger partial charge in [0.15, 0.2) is 0 Å². The highest BCUT2D eigenvalue weighted by atomic mass is 32.1. The molecule has 2 unspecified atom stereocenters. The molecule has 20 heavy (non-hydrogen) atoms. The normalized spacial score (nSPS) is 23.5. The van der Waals surface area contributed by atoms with Gasteiger partial charge in [0.05, 0.1) is 11.9 Å². The Morgan fingerprint density at radius 3 is 2.85 bits per heavy atom. The predicted octanol–water partition coefficient (Wildman–Crippen LogP) is 1.45. The van der Waals surface area contributed by atoms with E-state index in [2.05, 4.69) is 17.9 Å². The third-order valence-electron chi connectivity index (χ3n) is 3.66. The molecule has 1 heterocycles. The fraction of sp³-hybridized carbons (Fsp3) is 0.533. The first-order valence-electron chi connectivity index (χ1n) is 6.78. The molecule has 1 N–H and O–H groups in total. The first-order valence-corrected chi connectivity index (χ1v) is 7.29. The zero-order chi connectivity index (χ0) is 14.4. The molecule has 1 amide bonds. The van der Waals surface area contributed by atoms with Crippen molar-refractivity contribution in [2.24, 2.45) is 0 Å². The van der Waals surface area contributed by atoms with Gasteiger partial charge in [-0.2, -0.15) is 12.6 Å². The van der Waals surface area contributed by atoms with Crippen LogP contribution >= 0.6 is 12.6 Å². The molecule has 0 bridgehead atoms. The van der Waals surface area contributed by atoms with Crippen molar-refractivity contribution in [1.82, 2.24) is 5.32 Å². The first kappa shape index (κ1) is 15.4. The lowest BCUT2D eigenvalue weighted by atomic mass is 10.0. The summed E-state index contributed by atoms with van der Waals surface area (Å²) in [6.45, 7) is 1.67. The maximum absolute atomic E-state index is 12.1. The average Bonchev–Trinajstić information content (AvgIpc) is 2.95. The van der Waals surface area contributed by atoms with Crippen molar-refractivity contribution >= 4 is 18.5 Å². The topological polar surface area (TPSA) is 47.6 Å². The Labute approximate surface area is 125 Å². The molecule has 1 aliphatic heterocycles. The van der Waals surface area contributed by atoms with Crippen molar-refractivity contribution in [1.29, 1.82) is 0 Å². The number of rotatable bonds is 6. The Bertz CT molecular complexity index is 432. The van der Waals surface area contributed by atoms with Gasteiger partial charge in [0.25, 0.3) is 0 Å². The van der Waals surface area contributed by atoms with Crippen LogP contribution in [0.5, 0.6) is 0 Å². The summed E-state index contributed by atoms with van der Waals surface area (Å²) in [4.78, 5) is 12.1. The molecular formula is C15H21NO3S. The third kappa shape index (κ3) is 3.98. The molecular weight excluding hydrogens is 274 g/mol. The molecule has 1 aliphatic rings. The molecule has 0 spiro atoms. The van der Waals surface area contributed by atoms with E-state index in [1.54, 1.807) is 7.11 Å². The maximum Gasteiger partial charge on any atom is 0.233 e. The van der Waals surface area contributed by atoms with E-state index >= 15 is 0 Å². The Balaban J connectivity index is 1.82. The van der Waals surface area contributed by atoms with E-state index in [9.17, 15) is 4.79 Å². The molecule has 5 heteroatoms. The predicted molar refractivity (Wildman–Crippen MR) is 81.1 cm³/mol. The number of methoxy groups -OCH3 is 1. The third-order valence-corrected chi connectivity index (χ3v) is 4.08. The van der Waals surface area contributed by atoms with E-state index < -0.39 is 0 Å². The second-order valence-electron chi connectivity index (χ2n) is 5.11. The van der Waals surface area contributed by atoms with Crippen LogP contribution in [0.3, 0.4) is 0 Å². The summed E-state index contributed by atoms with van der Waals surface area (Å²) in [6, 6.07) is 9.88. The molecule has 2 rings (SSSR count). The molecule has 1 fully saturated rings. The van der Waals surface area contributed by atoms with Gasteiger partial charge >= 0.3 is 0 Å². The molecule has 0 radical (unpaired) electrons. The van der Waals surface area contributed by atoms with E-state index in [1.807, 2.05) is 30.3 Å². The zero-order valence-electron chi connectivity index (χ0n) is 11.7. The van der Waals surface area contributed by atoms with E-state index in [1.165, 1.54) is 0 Å². The summed E-state index contributed by atoms with van der Waals surface area (Å²) in [7, 11) is 1.66. The largest absolute Gasteiger partial charge is 0.378 e. The number of benzene rings is 1. The van der Waals surface area contributed by atoms with E-state index in [-0.39, 0.29) is 16.8 Å². The van der Waals surface area contributed by atoms with Gasteiger partial charge in [-0.3, -0.25) is 4.79 Å². The lowest BCUT2D eigenvalue weighted by Crippen LogP contribution is -2.47. The summed E-state index contributed by atoms with van der Waals surface area (Å²) in [6.07, 6.45) is 1.42. The van der Waals surface area contributed by atoms with Crippen molar-refractivity contribution in [3.05, 3.63) is 35.9 Å². The average molecular weight is 295 g/mol. The molecule has 0 aromatic heterocycles. The number of ether oxygens (including phenoxy) is 2. The van der Waals surface area contributed by atoms with Gasteiger partial charge in [0, 0.05) is 26.7 Å². The molecule has 1 aromatic rings. The SMILES string of the molecule is COC1(CNC(=O)C(S)Cc2ccccc2)CCOC1. The molecule has 1 saturated heterocycles. The van der Waals surface area contributed by atoms with Crippen LogP contribution in [-0.2, 0) is 20.7 Å². The molecule has 0 saturated carbocycles. The summed E-state index contributed by atoms with van der Waals surface area (Å²) in [5, 5.41) is 2.56. The Hall–Kier alpha value is -1.04. The molecule has 4 nitrogen and oxygen atoms in total. The van der Waals surface area contributed by atoms with E-state index in [0.29, 0.717) is 26.2 Å². The Kier molecular flexibility index (Phi) is 5.46. The van der Waals surface area contributed by atoms with Crippen LogP contribution in [-0.4, -0.2) is 43.6 Å². The summed E-state index contributed by atoms with van der Waals surface area (Å²) >= 11 is 4.39. The van der Waals surface area contributed by atoms with Crippen LogP contribution in [0.25, 0.3) is 0 Å². The number of hydrogen-bond donors (Lipinski definition) is 2. The fourth-order valence-corrected chi connectivity index (χ4v) is 2.56. The van der Waals surface area contributed by atoms with E-state index in [4.69, 9.17) is 9.47 Å². The van der Waals surface area contributed by atoms with Crippen LogP contribution in [0, 0.1) is 0 Å². The van der Waals surface area contributed by atoms with Crippen LogP contribution in [0.15, 0.2) is 30.3 Å². The van der Waals surface area contributed by atoms with Gasteiger partial charge in [-0.1, -0.05) is 30.3 Å². The van der Waals surface area contributed by atoms with Gasteiger partial charge in [0.2, 0.25) is 5.91 Å². The highest BCUT2D eigenvalue weighted by Gasteiger charge is 2.35.